The van der Waals surface area contributed by atoms with E-state index in [1.807, 2.05) is 6.07 Å². The Hall–Kier alpha value is -1.62. The van der Waals surface area contributed by atoms with Crippen LogP contribution in [-0.2, 0) is 6.42 Å². The van der Waals surface area contributed by atoms with Gasteiger partial charge in [0, 0.05) is 12.6 Å². The molecule has 4 N–H and O–H groups in total. The van der Waals surface area contributed by atoms with E-state index in [0.29, 0.717) is 30.5 Å². The molecular formula is C15H23FN4. The molecule has 0 heterocycles. The number of hydrogen-bond donors (Lipinski definition) is 3. The van der Waals surface area contributed by atoms with Crippen molar-refractivity contribution in [3.05, 3.63) is 35.6 Å². The maximum Gasteiger partial charge on any atom is 0.205 e. The summed E-state index contributed by atoms with van der Waals surface area (Å²) in [6.45, 7) is 0.514. The van der Waals surface area contributed by atoms with E-state index in [-0.39, 0.29) is 5.82 Å². The van der Waals surface area contributed by atoms with Gasteiger partial charge in [-0.05, 0) is 30.9 Å². The molecule has 1 aromatic rings. The van der Waals surface area contributed by atoms with Crippen molar-refractivity contribution in [1.29, 1.82) is 0 Å². The van der Waals surface area contributed by atoms with Crippen molar-refractivity contribution in [2.24, 2.45) is 10.8 Å². The third-order valence-electron chi connectivity index (χ3n) is 3.69. The van der Waals surface area contributed by atoms with Crippen molar-refractivity contribution in [3.63, 3.8) is 0 Å². The Morgan fingerprint density at radius 3 is 2.70 bits per heavy atom. The minimum absolute atomic E-state index is 0.176. The number of nitrogens with one attached hydrogen (secondary N) is 2. The van der Waals surface area contributed by atoms with Gasteiger partial charge in [0.25, 0.3) is 0 Å². The third kappa shape index (κ3) is 4.49. The zero-order valence-electron chi connectivity index (χ0n) is 11.7. The molecule has 110 valence electrons. The zero-order chi connectivity index (χ0) is 14.2. The molecule has 1 aliphatic rings. The monoisotopic (exact) mass is 278 g/mol. The number of aliphatic imine (C=N–C) groups is 1. The van der Waals surface area contributed by atoms with E-state index in [0.717, 1.165) is 12.8 Å². The van der Waals surface area contributed by atoms with Gasteiger partial charge in [0.15, 0.2) is 0 Å². The normalized spacial score (nSPS) is 17.0. The lowest BCUT2D eigenvalue weighted by atomic mass is 9.96. The summed E-state index contributed by atoms with van der Waals surface area (Å²) in [7, 11) is 0. The van der Waals surface area contributed by atoms with E-state index < -0.39 is 0 Å². The van der Waals surface area contributed by atoms with Gasteiger partial charge in [0.1, 0.15) is 5.82 Å². The highest BCUT2D eigenvalue weighted by Gasteiger charge is 2.14. The smallest absolute Gasteiger partial charge is 0.205 e. The molecule has 0 saturated heterocycles. The van der Waals surface area contributed by atoms with Gasteiger partial charge in [-0.25, -0.2) is 10.2 Å². The molecule has 0 aromatic heterocycles. The average Bonchev–Trinajstić information content (AvgIpc) is 2.49. The summed E-state index contributed by atoms with van der Waals surface area (Å²) in [6, 6.07) is 7.24. The van der Waals surface area contributed by atoms with E-state index in [1.54, 1.807) is 12.1 Å². The highest BCUT2D eigenvalue weighted by Crippen LogP contribution is 2.17. The molecule has 1 aromatic carbocycles. The lowest BCUT2D eigenvalue weighted by molar-refractivity contribution is 0.410. The Balaban J connectivity index is 1.83. The Kier molecular flexibility index (Phi) is 5.80. The first kappa shape index (κ1) is 14.8. The summed E-state index contributed by atoms with van der Waals surface area (Å²) in [5.74, 6) is 5.91. The first-order valence-corrected chi connectivity index (χ1v) is 7.30. The fourth-order valence-electron chi connectivity index (χ4n) is 2.56. The molecule has 1 fully saturated rings. The van der Waals surface area contributed by atoms with Crippen molar-refractivity contribution in [2.45, 2.75) is 44.6 Å². The van der Waals surface area contributed by atoms with Crippen LogP contribution < -0.4 is 16.6 Å². The third-order valence-corrected chi connectivity index (χ3v) is 3.69. The largest absolute Gasteiger partial charge is 0.353 e. The summed E-state index contributed by atoms with van der Waals surface area (Å²) >= 11 is 0. The molecule has 0 bridgehead atoms. The SMILES string of the molecule is NNC(=NCCc1ccccc1F)NC1CCCCC1. The molecule has 0 amide bonds. The van der Waals surface area contributed by atoms with Crippen LogP contribution >= 0.6 is 0 Å². The van der Waals surface area contributed by atoms with Crippen LogP contribution in [-0.4, -0.2) is 18.5 Å². The second-order valence-electron chi connectivity index (χ2n) is 5.20. The molecule has 0 unspecified atom stereocenters. The Bertz CT molecular complexity index is 441. The molecule has 0 spiro atoms. The molecule has 0 atom stereocenters. The Labute approximate surface area is 119 Å². The molecule has 4 nitrogen and oxygen atoms in total. The summed E-state index contributed by atoms with van der Waals surface area (Å²) in [4.78, 5) is 4.38. The summed E-state index contributed by atoms with van der Waals surface area (Å²) in [6.07, 6.45) is 6.72. The average molecular weight is 278 g/mol. The summed E-state index contributed by atoms with van der Waals surface area (Å²) in [5, 5.41) is 3.33. The minimum Gasteiger partial charge on any atom is -0.353 e. The topological polar surface area (TPSA) is 62.4 Å². The molecule has 2 rings (SSSR count). The molecule has 0 radical (unpaired) electrons. The van der Waals surface area contributed by atoms with Crippen LogP contribution in [0.1, 0.15) is 37.7 Å². The maximum atomic E-state index is 13.5. The predicted octanol–water partition coefficient (Wildman–Crippen LogP) is 2.11. The van der Waals surface area contributed by atoms with Gasteiger partial charge in [-0.3, -0.25) is 10.4 Å². The number of nitrogens with two attached hydrogens (primary N) is 1. The second kappa shape index (κ2) is 7.85. The molecule has 1 saturated carbocycles. The summed E-state index contributed by atoms with van der Waals surface area (Å²) in [5.41, 5.74) is 3.28. The number of rotatable bonds is 4. The van der Waals surface area contributed by atoms with Gasteiger partial charge < -0.3 is 5.32 Å². The lowest BCUT2D eigenvalue weighted by Crippen LogP contribution is -2.47. The van der Waals surface area contributed by atoms with Crippen LogP contribution in [0.2, 0.25) is 0 Å². The van der Waals surface area contributed by atoms with Crippen LogP contribution in [0.15, 0.2) is 29.3 Å². The molecule has 1 aliphatic carbocycles. The van der Waals surface area contributed by atoms with Gasteiger partial charge in [-0.15, -0.1) is 0 Å². The fraction of sp³-hybridized carbons (Fsp3) is 0.533. The van der Waals surface area contributed by atoms with Crippen molar-refractivity contribution >= 4 is 5.96 Å². The maximum absolute atomic E-state index is 13.5. The first-order valence-electron chi connectivity index (χ1n) is 7.30. The number of nitrogens with zero attached hydrogens (tertiary/aromatic N) is 1. The highest BCUT2D eigenvalue weighted by molar-refractivity contribution is 5.79. The minimum atomic E-state index is -0.176. The van der Waals surface area contributed by atoms with Gasteiger partial charge >= 0.3 is 0 Å². The van der Waals surface area contributed by atoms with Crippen molar-refractivity contribution in [1.82, 2.24) is 10.7 Å². The first-order chi connectivity index (χ1) is 9.79. The van der Waals surface area contributed by atoms with E-state index in [4.69, 9.17) is 5.84 Å². The predicted molar refractivity (Wildman–Crippen MR) is 79.7 cm³/mol. The van der Waals surface area contributed by atoms with Crippen LogP contribution in [0, 0.1) is 5.82 Å². The number of hydrogen-bond acceptors (Lipinski definition) is 2. The van der Waals surface area contributed by atoms with Gasteiger partial charge in [-0.2, -0.15) is 0 Å². The van der Waals surface area contributed by atoms with Gasteiger partial charge in [0.2, 0.25) is 5.96 Å². The molecule has 0 aliphatic heterocycles. The van der Waals surface area contributed by atoms with Crippen LogP contribution in [0.25, 0.3) is 0 Å². The number of guanidine groups is 1. The Morgan fingerprint density at radius 2 is 2.00 bits per heavy atom. The molecule has 5 heteroatoms. The summed E-state index contributed by atoms with van der Waals surface area (Å²) < 4.78 is 13.5. The van der Waals surface area contributed by atoms with E-state index in [9.17, 15) is 4.39 Å². The van der Waals surface area contributed by atoms with E-state index in [2.05, 4.69) is 15.7 Å². The molecule has 20 heavy (non-hydrogen) atoms. The van der Waals surface area contributed by atoms with Crippen molar-refractivity contribution in [3.8, 4) is 0 Å². The van der Waals surface area contributed by atoms with E-state index in [1.165, 1.54) is 25.3 Å². The van der Waals surface area contributed by atoms with E-state index >= 15 is 0 Å². The van der Waals surface area contributed by atoms with Crippen molar-refractivity contribution < 1.29 is 4.39 Å². The zero-order valence-corrected chi connectivity index (χ0v) is 11.7. The number of benzene rings is 1. The standard InChI is InChI=1S/C15H23FN4/c16-14-9-5-4-6-12(14)10-11-18-15(20-17)19-13-7-2-1-3-8-13/h4-6,9,13H,1-3,7-8,10-11,17H2,(H2,18,19,20). The van der Waals surface area contributed by atoms with Crippen LogP contribution in [0.4, 0.5) is 4.39 Å². The van der Waals surface area contributed by atoms with Crippen LogP contribution in [0.5, 0.6) is 0 Å². The second-order valence-corrected chi connectivity index (χ2v) is 5.20. The van der Waals surface area contributed by atoms with Gasteiger partial charge in [0.05, 0.1) is 0 Å². The Morgan fingerprint density at radius 1 is 1.25 bits per heavy atom. The quantitative estimate of drug-likeness (QED) is 0.342. The van der Waals surface area contributed by atoms with Gasteiger partial charge in [-0.1, -0.05) is 37.5 Å². The number of halogens is 1. The lowest BCUT2D eigenvalue weighted by Gasteiger charge is -2.24. The fourth-order valence-corrected chi connectivity index (χ4v) is 2.56. The highest BCUT2D eigenvalue weighted by atomic mass is 19.1. The number of hydrazine groups is 1. The molecular weight excluding hydrogens is 255 g/mol. The van der Waals surface area contributed by atoms with Crippen molar-refractivity contribution in [2.75, 3.05) is 6.54 Å². The van der Waals surface area contributed by atoms with Crippen LogP contribution in [0.3, 0.4) is 0 Å².